The number of hydrogen-bond donors (Lipinski definition) is 1. The molecule has 0 aliphatic carbocycles. The molecule has 78 valence electrons. The average Bonchev–Trinajstić information content (AvgIpc) is 2.18. The van der Waals surface area contributed by atoms with E-state index in [1.54, 1.807) is 0 Å². The summed E-state index contributed by atoms with van der Waals surface area (Å²) in [5.41, 5.74) is 8.69. The van der Waals surface area contributed by atoms with Gasteiger partial charge in [0.2, 0.25) is 0 Å². The monoisotopic (exact) mass is 255 g/mol. The maximum absolute atomic E-state index is 6.13. The van der Waals surface area contributed by atoms with Crippen molar-refractivity contribution < 1.29 is 0 Å². The molecule has 1 atom stereocenters. The molecule has 0 fully saturated rings. The fraction of sp³-hybridized carbons (Fsp3) is 0.500. The number of hydrogen-bond acceptors (Lipinski definition) is 1. The van der Waals surface area contributed by atoms with Crippen molar-refractivity contribution in [2.24, 2.45) is 5.73 Å². The standard InChI is InChI=1S/C12H18BrN/c1-3-4-5-12(14)11-8-10(13)7-6-9(11)2/h6-8,12H,3-5,14H2,1-2H3/t12-/m1/s1. The Morgan fingerprint density at radius 2 is 2.14 bits per heavy atom. The molecule has 14 heavy (non-hydrogen) atoms. The lowest BCUT2D eigenvalue weighted by Gasteiger charge is -2.14. The van der Waals surface area contributed by atoms with Gasteiger partial charge in [0.1, 0.15) is 0 Å². The Bertz CT molecular complexity index is 296. The molecule has 0 aromatic heterocycles. The number of halogens is 1. The van der Waals surface area contributed by atoms with Gasteiger partial charge in [-0.1, -0.05) is 41.8 Å². The maximum Gasteiger partial charge on any atom is 0.0297 e. The van der Waals surface area contributed by atoms with Crippen LogP contribution in [0, 0.1) is 6.92 Å². The normalized spacial score (nSPS) is 12.9. The van der Waals surface area contributed by atoms with Crippen molar-refractivity contribution in [3.63, 3.8) is 0 Å². The average molecular weight is 256 g/mol. The second kappa shape index (κ2) is 5.52. The van der Waals surface area contributed by atoms with Crippen LogP contribution in [0.2, 0.25) is 0 Å². The highest BCUT2D eigenvalue weighted by Gasteiger charge is 2.08. The van der Waals surface area contributed by atoms with Crippen LogP contribution in [-0.4, -0.2) is 0 Å². The van der Waals surface area contributed by atoms with Crippen LogP contribution in [0.5, 0.6) is 0 Å². The van der Waals surface area contributed by atoms with Gasteiger partial charge in [0.25, 0.3) is 0 Å². The Kier molecular flexibility index (Phi) is 4.63. The predicted molar refractivity (Wildman–Crippen MR) is 65.3 cm³/mol. The number of aryl methyl sites for hydroxylation is 1. The fourth-order valence-corrected chi connectivity index (χ4v) is 1.97. The zero-order chi connectivity index (χ0) is 10.6. The summed E-state index contributed by atoms with van der Waals surface area (Å²) in [7, 11) is 0. The van der Waals surface area contributed by atoms with Gasteiger partial charge < -0.3 is 5.73 Å². The predicted octanol–water partition coefficient (Wildman–Crippen LogP) is 3.95. The van der Waals surface area contributed by atoms with Gasteiger partial charge in [-0.3, -0.25) is 0 Å². The molecule has 0 heterocycles. The van der Waals surface area contributed by atoms with E-state index in [1.165, 1.54) is 24.0 Å². The van der Waals surface area contributed by atoms with Gasteiger partial charge in [0.05, 0.1) is 0 Å². The van der Waals surface area contributed by atoms with Gasteiger partial charge in [0.15, 0.2) is 0 Å². The molecule has 0 spiro atoms. The van der Waals surface area contributed by atoms with Crippen LogP contribution in [0.4, 0.5) is 0 Å². The molecule has 0 bridgehead atoms. The maximum atomic E-state index is 6.13. The molecule has 1 rings (SSSR count). The topological polar surface area (TPSA) is 26.0 Å². The van der Waals surface area contributed by atoms with Crippen LogP contribution in [0.3, 0.4) is 0 Å². The molecule has 0 amide bonds. The molecule has 0 radical (unpaired) electrons. The summed E-state index contributed by atoms with van der Waals surface area (Å²) >= 11 is 3.48. The minimum Gasteiger partial charge on any atom is -0.324 e. The fourth-order valence-electron chi connectivity index (χ4n) is 1.59. The van der Waals surface area contributed by atoms with E-state index in [-0.39, 0.29) is 6.04 Å². The largest absolute Gasteiger partial charge is 0.324 e. The summed E-state index contributed by atoms with van der Waals surface area (Å²) in [5, 5.41) is 0. The zero-order valence-corrected chi connectivity index (χ0v) is 10.5. The Labute approximate surface area is 94.8 Å². The zero-order valence-electron chi connectivity index (χ0n) is 8.89. The molecule has 2 heteroatoms. The van der Waals surface area contributed by atoms with Crippen molar-refractivity contribution in [3.05, 3.63) is 33.8 Å². The first-order chi connectivity index (χ1) is 6.65. The first-order valence-corrected chi connectivity index (χ1v) is 5.96. The lowest BCUT2D eigenvalue weighted by atomic mass is 9.98. The van der Waals surface area contributed by atoms with E-state index in [0.717, 1.165) is 10.9 Å². The van der Waals surface area contributed by atoms with Gasteiger partial charge in [-0.25, -0.2) is 0 Å². The third-order valence-corrected chi connectivity index (χ3v) is 3.00. The highest BCUT2D eigenvalue weighted by molar-refractivity contribution is 9.10. The van der Waals surface area contributed by atoms with Gasteiger partial charge in [-0.15, -0.1) is 0 Å². The van der Waals surface area contributed by atoms with Crippen LogP contribution in [0.25, 0.3) is 0 Å². The van der Waals surface area contributed by atoms with Crippen LogP contribution in [0.15, 0.2) is 22.7 Å². The first kappa shape index (κ1) is 11.7. The third kappa shape index (κ3) is 3.10. The van der Waals surface area contributed by atoms with Crippen LogP contribution in [0.1, 0.15) is 43.4 Å². The third-order valence-electron chi connectivity index (χ3n) is 2.51. The SMILES string of the molecule is CCCC[C@@H](N)c1cc(Br)ccc1C. The van der Waals surface area contributed by atoms with E-state index in [2.05, 4.69) is 48.0 Å². The van der Waals surface area contributed by atoms with E-state index in [1.807, 2.05) is 0 Å². The van der Waals surface area contributed by atoms with Gasteiger partial charge in [-0.05, 0) is 36.6 Å². The van der Waals surface area contributed by atoms with Gasteiger partial charge >= 0.3 is 0 Å². The van der Waals surface area contributed by atoms with E-state index in [0.29, 0.717) is 0 Å². The first-order valence-electron chi connectivity index (χ1n) is 5.16. The lowest BCUT2D eigenvalue weighted by molar-refractivity contribution is 0.601. The van der Waals surface area contributed by atoms with Gasteiger partial charge in [0, 0.05) is 10.5 Å². The summed E-state index contributed by atoms with van der Waals surface area (Å²) in [4.78, 5) is 0. The number of unbranched alkanes of at least 4 members (excludes halogenated alkanes) is 1. The van der Waals surface area contributed by atoms with Gasteiger partial charge in [-0.2, -0.15) is 0 Å². The quantitative estimate of drug-likeness (QED) is 0.867. The molecule has 1 aromatic rings. The van der Waals surface area contributed by atoms with E-state index < -0.39 is 0 Å². The van der Waals surface area contributed by atoms with Crippen LogP contribution < -0.4 is 5.73 Å². The summed E-state index contributed by atoms with van der Waals surface area (Å²) in [6, 6.07) is 6.50. The van der Waals surface area contributed by atoms with E-state index in [9.17, 15) is 0 Å². The molecule has 0 saturated heterocycles. The second-order valence-electron chi connectivity index (χ2n) is 3.75. The number of rotatable bonds is 4. The molecule has 0 saturated carbocycles. The Balaban J connectivity index is 2.77. The number of nitrogens with two attached hydrogens (primary N) is 1. The van der Waals surface area contributed by atoms with Crippen molar-refractivity contribution in [3.8, 4) is 0 Å². The molecule has 2 N–H and O–H groups in total. The lowest BCUT2D eigenvalue weighted by Crippen LogP contribution is -2.11. The molecular weight excluding hydrogens is 238 g/mol. The molecular formula is C12H18BrN. The summed E-state index contributed by atoms with van der Waals surface area (Å²) < 4.78 is 1.12. The van der Waals surface area contributed by atoms with E-state index in [4.69, 9.17) is 5.73 Å². The van der Waals surface area contributed by atoms with Crippen molar-refractivity contribution in [2.75, 3.05) is 0 Å². The molecule has 1 nitrogen and oxygen atoms in total. The highest BCUT2D eigenvalue weighted by Crippen LogP contribution is 2.23. The minimum absolute atomic E-state index is 0.187. The second-order valence-corrected chi connectivity index (χ2v) is 4.67. The van der Waals surface area contributed by atoms with Crippen LogP contribution in [-0.2, 0) is 0 Å². The Hall–Kier alpha value is -0.340. The number of benzene rings is 1. The smallest absolute Gasteiger partial charge is 0.0297 e. The molecule has 0 aliphatic rings. The summed E-state index contributed by atoms with van der Waals surface area (Å²) in [6.45, 7) is 4.31. The van der Waals surface area contributed by atoms with Crippen molar-refractivity contribution in [1.29, 1.82) is 0 Å². The van der Waals surface area contributed by atoms with Crippen molar-refractivity contribution in [1.82, 2.24) is 0 Å². The Morgan fingerprint density at radius 3 is 2.79 bits per heavy atom. The molecule has 0 unspecified atom stereocenters. The highest BCUT2D eigenvalue weighted by atomic mass is 79.9. The minimum atomic E-state index is 0.187. The summed E-state index contributed by atoms with van der Waals surface area (Å²) in [5.74, 6) is 0. The Morgan fingerprint density at radius 1 is 1.43 bits per heavy atom. The van der Waals surface area contributed by atoms with Crippen molar-refractivity contribution >= 4 is 15.9 Å². The summed E-state index contributed by atoms with van der Waals surface area (Å²) in [6.07, 6.45) is 3.49. The van der Waals surface area contributed by atoms with Crippen molar-refractivity contribution in [2.45, 2.75) is 39.2 Å². The van der Waals surface area contributed by atoms with E-state index >= 15 is 0 Å². The molecule has 0 aliphatic heterocycles. The van der Waals surface area contributed by atoms with Crippen LogP contribution >= 0.6 is 15.9 Å². The molecule has 1 aromatic carbocycles.